The molecule has 5 heterocycles. The van der Waals surface area contributed by atoms with E-state index in [4.69, 9.17) is 0 Å². The summed E-state index contributed by atoms with van der Waals surface area (Å²) in [5.41, 5.74) is 0.464. The van der Waals surface area contributed by atoms with Gasteiger partial charge in [-0.05, 0) is 30.7 Å². The Kier molecular flexibility index (Phi) is 5.28. The summed E-state index contributed by atoms with van der Waals surface area (Å²) in [5, 5.41) is 19.4. The lowest BCUT2D eigenvalue weighted by atomic mass is 9.92. The standard InChI is InChI=1S/C22H18N6O5S/c1-11-4-17(27-7-12(8-27)16(30)5-13-2-3-14(29)6-23-13)26-20-18(11)19(31)15(21(32)33)9-28(20)22-24-10-25-34-22/h2-4,6,9-10,12,29H,5,7-8H2,1H3,(H,32,33). The second-order valence-electron chi connectivity index (χ2n) is 8.02. The molecule has 0 saturated carbocycles. The minimum absolute atomic E-state index is 0.0452. The summed E-state index contributed by atoms with van der Waals surface area (Å²) in [6, 6.07) is 4.84. The van der Waals surface area contributed by atoms with Crippen LogP contribution in [0.2, 0.25) is 0 Å². The summed E-state index contributed by atoms with van der Waals surface area (Å²) >= 11 is 1.05. The van der Waals surface area contributed by atoms with Crippen LogP contribution >= 0.6 is 11.5 Å². The van der Waals surface area contributed by atoms with Crippen molar-refractivity contribution < 1.29 is 19.8 Å². The van der Waals surface area contributed by atoms with Gasteiger partial charge in [0.2, 0.25) is 10.6 Å². The van der Waals surface area contributed by atoms with Gasteiger partial charge < -0.3 is 15.1 Å². The maximum Gasteiger partial charge on any atom is 0.341 e. The number of aromatic carboxylic acids is 1. The topological polar surface area (TPSA) is 151 Å². The van der Waals surface area contributed by atoms with E-state index in [1.807, 2.05) is 4.90 Å². The molecule has 2 N–H and O–H groups in total. The number of carbonyl (C=O) groups excluding carboxylic acids is 1. The molecular formula is C22H18N6O5S. The first kappa shape index (κ1) is 21.6. The van der Waals surface area contributed by atoms with Gasteiger partial charge in [-0.15, -0.1) is 0 Å². The van der Waals surface area contributed by atoms with Crippen LogP contribution in [0.1, 0.15) is 21.6 Å². The van der Waals surface area contributed by atoms with Gasteiger partial charge in [0.05, 0.1) is 17.5 Å². The number of aromatic hydroxyl groups is 1. The Morgan fingerprint density at radius 3 is 2.68 bits per heavy atom. The van der Waals surface area contributed by atoms with Crippen LogP contribution in [-0.2, 0) is 11.2 Å². The molecule has 0 unspecified atom stereocenters. The summed E-state index contributed by atoms with van der Waals surface area (Å²) in [4.78, 5) is 51.9. The third-order valence-corrected chi connectivity index (χ3v) is 6.42. The van der Waals surface area contributed by atoms with Crippen LogP contribution in [0.5, 0.6) is 5.75 Å². The molecule has 34 heavy (non-hydrogen) atoms. The first-order valence-corrected chi connectivity index (χ1v) is 11.1. The van der Waals surface area contributed by atoms with Gasteiger partial charge in [-0.3, -0.25) is 19.1 Å². The van der Waals surface area contributed by atoms with Crippen LogP contribution in [0.25, 0.3) is 16.2 Å². The largest absolute Gasteiger partial charge is 0.506 e. The van der Waals surface area contributed by atoms with Crippen LogP contribution in [0.3, 0.4) is 0 Å². The van der Waals surface area contributed by atoms with Crippen LogP contribution < -0.4 is 10.3 Å². The average Bonchev–Trinajstić information content (AvgIpc) is 3.29. The van der Waals surface area contributed by atoms with Crippen molar-refractivity contribution in [2.24, 2.45) is 5.92 Å². The van der Waals surface area contributed by atoms with E-state index in [2.05, 4.69) is 19.3 Å². The number of anilines is 1. The van der Waals surface area contributed by atoms with Crippen LogP contribution in [0.15, 0.2) is 41.7 Å². The molecule has 0 aromatic carbocycles. The lowest BCUT2D eigenvalue weighted by Crippen LogP contribution is -2.51. The van der Waals surface area contributed by atoms with Gasteiger partial charge in [0.25, 0.3) is 0 Å². The molecular weight excluding hydrogens is 460 g/mol. The molecule has 5 rings (SSSR count). The number of aryl methyl sites for hydroxylation is 1. The number of carboxylic acid groups (broad SMARTS) is 1. The third-order valence-electron chi connectivity index (χ3n) is 5.75. The number of nitrogens with zero attached hydrogens (tertiary/aromatic N) is 6. The molecule has 172 valence electrons. The number of hydrogen-bond acceptors (Lipinski definition) is 10. The SMILES string of the molecule is Cc1cc(N2CC(C(=O)Cc3ccc(O)cn3)C2)nc2c1c(=O)c(C(=O)O)cn2-c1ncns1. The number of pyridine rings is 3. The van der Waals surface area contributed by atoms with E-state index in [-0.39, 0.29) is 40.5 Å². The molecule has 0 atom stereocenters. The second kappa shape index (κ2) is 8.30. The minimum atomic E-state index is -1.33. The predicted molar refractivity (Wildman–Crippen MR) is 123 cm³/mol. The van der Waals surface area contributed by atoms with E-state index >= 15 is 0 Å². The minimum Gasteiger partial charge on any atom is -0.506 e. The van der Waals surface area contributed by atoms with Crippen molar-refractivity contribution in [3.8, 4) is 10.9 Å². The zero-order chi connectivity index (χ0) is 24.0. The molecule has 4 aromatic rings. The molecule has 0 amide bonds. The van der Waals surface area contributed by atoms with Crippen LogP contribution in [0, 0.1) is 12.8 Å². The highest BCUT2D eigenvalue weighted by Crippen LogP contribution is 2.29. The quantitative estimate of drug-likeness (QED) is 0.418. The van der Waals surface area contributed by atoms with Crippen molar-refractivity contribution in [3.05, 3.63) is 64.0 Å². The molecule has 12 heteroatoms. The average molecular weight is 478 g/mol. The Labute approximate surface area is 196 Å². The molecule has 0 spiro atoms. The molecule has 1 fully saturated rings. The van der Waals surface area contributed by atoms with Crippen LogP contribution in [-0.4, -0.2) is 58.9 Å². The number of hydrogen-bond donors (Lipinski definition) is 2. The summed E-state index contributed by atoms with van der Waals surface area (Å²) in [7, 11) is 0. The monoisotopic (exact) mass is 478 g/mol. The van der Waals surface area contributed by atoms with Gasteiger partial charge in [0, 0.05) is 42.9 Å². The maximum absolute atomic E-state index is 12.9. The summed E-state index contributed by atoms with van der Waals surface area (Å²) < 4.78 is 5.43. The van der Waals surface area contributed by atoms with Crippen molar-refractivity contribution >= 4 is 40.1 Å². The highest BCUT2D eigenvalue weighted by Gasteiger charge is 2.34. The summed E-state index contributed by atoms with van der Waals surface area (Å²) in [6.45, 7) is 2.65. The van der Waals surface area contributed by atoms with E-state index in [1.54, 1.807) is 19.1 Å². The van der Waals surface area contributed by atoms with Gasteiger partial charge in [0.15, 0.2) is 5.65 Å². The maximum atomic E-state index is 12.9. The van der Waals surface area contributed by atoms with Crippen molar-refractivity contribution in [2.75, 3.05) is 18.0 Å². The molecule has 1 aliphatic rings. The first-order chi connectivity index (χ1) is 16.3. The molecule has 11 nitrogen and oxygen atoms in total. The molecule has 1 saturated heterocycles. The van der Waals surface area contributed by atoms with Gasteiger partial charge in [-0.25, -0.2) is 14.8 Å². The van der Waals surface area contributed by atoms with Crippen molar-refractivity contribution in [2.45, 2.75) is 13.3 Å². The highest BCUT2D eigenvalue weighted by atomic mass is 32.1. The Balaban J connectivity index is 1.45. The fourth-order valence-electron chi connectivity index (χ4n) is 3.92. The van der Waals surface area contributed by atoms with E-state index in [9.17, 15) is 24.6 Å². The third kappa shape index (κ3) is 3.77. The van der Waals surface area contributed by atoms with Crippen molar-refractivity contribution in [1.82, 2.24) is 23.9 Å². The van der Waals surface area contributed by atoms with E-state index in [0.29, 0.717) is 35.3 Å². The number of carboxylic acids is 1. The lowest BCUT2D eigenvalue weighted by molar-refractivity contribution is -0.123. The van der Waals surface area contributed by atoms with Gasteiger partial charge in [0.1, 0.15) is 29.2 Å². The number of ketones is 1. The van der Waals surface area contributed by atoms with Gasteiger partial charge in [-0.2, -0.15) is 4.37 Å². The van der Waals surface area contributed by atoms with Crippen molar-refractivity contribution in [1.29, 1.82) is 0 Å². The Morgan fingerprint density at radius 1 is 1.24 bits per heavy atom. The fraction of sp³-hybridized carbons (Fsp3) is 0.227. The Morgan fingerprint density at radius 2 is 2.03 bits per heavy atom. The number of Topliss-reactive ketones (excluding diaryl/α,β-unsaturated/α-hetero) is 1. The Bertz CT molecular complexity index is 1480. The normalized spacial score (nSPS) is 13.7. The first-order valence-electron chi connectivity index (χ1n) is 10.3. The number of aromatic nitrogens is 5. The molecule has 0 bridgehead atoms. The Hall–Kier alpha value is -4.19. The van der Waals surface area contributed by atoms with E-state index < -0.39 is 11.4 Å². The fourth-order valence-corrected chi connectivity index (χ4v) is 4.43. The zero-order valence-corrected chi connectivity index (χ0v) is 18.7. The van der Waals surface area contributed by atoms with E-state index in [1.165, 1.54) is 29.4 Å². The molecule has 1 aliphatic heterocycles. The summed E-state index contributed by atoms with van der Waals surface area (Å²) in [5.74, 6) is -0.846. The number of rotatable bonds is 6. The molecule has 0 radical (unpaired) electrons. The van der Waals surface area contributed by atoms with Crippen LogP contribution in [0.4, 0.5) is 5.82 Å². The van der Waals surface area contributed by atoms with Gasteiger partial charge >= 0.3 is 5.97 Å². The number of carbonyl (C=O) groups is 2. The van der Waals surface area contributed by atoms with Crippen molar-refractivity contribution in [3.63, 3.8) is 0 Å². The molecule has 4 aromatic heterocycles. The van der Waals surface area contributed by atoms with E-state index in [0.717, 1.165) is 11.5 Å². The smallest absolute Gasteiger partial charge is 0.341 e. The van der Waals surface area contributed by atoms with Gasteiger partial charge in [-0.1, -0.05) is 0 Å². The highest BCUT2D eigenvalue weighted by molar-refractivity contribution is 7.08. The lowest BCUT2D eigenvalue weighted by Gasteiger charge is -2.39. The molecule has 0 aliphatic carbocycles. The summed E-state index contributed by atoms with van der Waals surface area (Å²) in [6.07, 6.45) is 4.05. The second-order valence-corrected chi connectivity index (χ2v) is 8.78. The predicted octanol–water partition coefficient (Wildman–Crippen LogP) is 1.59. The zero-order valence-electron chi connectivity index (χ0n) is 17.9. The number of fused-ring (bicyclic) bond motifs is 1.